The summed E-state index contributed by atoms with van der Waals surface area (Å²) in [5, 5.41) is 11.2. The first-order valence-corrected chi connectivity index (χ1v) is 13.2. The largest absolute Gasteiger partial charge is 0.508 e. The summed E-state index contributed by atoms with van der Waals surface area (Å²) in [4.78, 5) is 21.4. The summed E-state index contributed by atoms with van der Waals surface area (Å²) in [5.74, 6) is -0.861. The van der Waals surface area contributed by atoms with Gasteiger partial charge in [-0.2, -0.15) is 26.3 Å². The second kappa shape index (κ2) is 11.3. The van der Waals surface area contributed by atoms with Crippen LogP contribution in [0.4, 0.5) is 26.3 Å². The van der Waals surface area contributed by atoms with Crippen molar-refractivity contribution in [1.82, 2.24) is 14.8 Å². The number of phenols is 1. The molecule has 1 fully saturated rings. The normalized spacial score (nSPS) is 16.6. The van der Waals surface area contributed by atoms with E-state index in [2.05, 4.69) is 9.88 Å². The third kappa shape index (κ3) is 6.51. The molecule has 1 aromatic heterocycles. The highest BCUT2D eigenvalue weighted by Gasteiger charge is 2.39. The highest BCUT2D eigenvalue weighted by atomic mass is 19.4. The molecule has 5 rings (SSSR count). The van der Waals surface area contributed by atoms with Crippen LogP contribution in [0.3, 0.4) is 0 Å². The van der Waals surface area contributed by atoms with Crippen molar-refractivity contribution in [2.24, 2.45) is 0 Å². The maximum atomic E-state index is 13.6. The summed E-state index contributed by atoms with van der Waals surface area (Å²) in [5.41, 5.74) is -0.590. The second-order valence-electron chi connectivity index (χ2n) is 10.5. The number of carbonyl (C=O) groups excluding carboxylic acids is 1. The number of pyridine rings is 1. The van der Waals surface area contributed by atoms with E-state index in [9.17, 15) is 36.2 Å². The van der Waals surface area contributed by atoms with E-state index in [0.29, 0.717) is 42.9 Å². The molecule has 11 heteroatoms. The van der Waals surface area contributed by atoms with Crippen LogP contribution >= 0.6 is 0 Å². The number of amides is 1. The minimum absolute atomic E-state index is 0.0142. The second-order valence-corrected chi connectivity index (χ2v) is 10.5. The monoisotopic (exact) mass is 587 g/mol. The lowest BCUT2D eigenvalue weighted by Crippen LogP contribution is -2.55. The molecule has 1 aliphatic rings. The van der Waals surface area contributed by atoms with Gasteiger partial charge in [-0.15, -0.1) is 0 Å². The number of piperazine rings is 1. The molecule has 1 saturated heterocycles. The molecule has 5 nitrogen and oxygen atoms in total. The van der Waals surface area contributed by atoms with Crippen molar-refractivity contribution in [2.75, 3.05) is 19.6 Å². The summed E-state index contributed by atoms with van der Waals surface area (Å²) in [7, 11) is 0. The number of halogens is 6. The highest BCUT2D eigenvalue weighted by Crippen LogP contribution is 2.37. The third-order valence-corrected chi connectivity index (χ3v) is 7.48. The molecule has 0 radical (unpaired) electrons. The fourth-order valence-corrected chi connectivity index (χ4v) is 5.29. The first-order chi connectivity index (χ1) is 19.8. The lowest BCUT2D eigenvalue weighted by molar-refractivity contribution is -0.143. The molecule has 0 unspecified atom stereocenters. The SMILES string of the molecule is Cc1ccc(C[C@@H]2CN(Cc3ccc4ncccc4c3)CCN2C(=O)c2cc(C(F)(F)F)cc(C(F)(F)F)c2)cc1O. The molecule has 1 atom stereocenters. The van der Waals surface area contributed by atoms with Gasteiger partial charge in [0.15, 0.2) is 0 Å². The Labute approximate surface area is 238 Å². The topological polar surface area (TPSA) is 56.7 Å². The summed E-state index contributed by atoms with van der Waals surface area (Å²) in [6.45, 7) is 3.01. The number of nitrogens with zero attached hydrogens (tertiary/aromatic N) is 3. The van der Waals surface area contributed by atoms with Crippen molar-refractivity contribution < 1.29 is 36.2 Å². The maximum Gasteiger partial charge on any atom is 0.416 e. The molecule has 2 heterocycles. The van der Waals surface area contributed by atoms with E-state index in [-0.39, 0.29) is 24.8 Å². The highest BCUT2D eigenvalue weighted by molar-refractivity contribution is 5.95. The minimum Gasteiger partial charge on any atom is -0.508 e. The van der Waals surface area contributed by atoms with E-state index in [0.717, 1.165) is 16.5 Å². The van der Waals surface area contributed by atoms with Gasteiger partial charge in [0.2, 0.25) is 0 Å². The molecule has 4 aromatic rings. The summed E-state index contributed by atoms with van der Waals surface area (Å²) in [6, 6.07) is 15.1. The smallest absolute Gasteiger partial charge is 0.416 e. The van der Waals surface area contributed by atoms with Crippen LogP contribution < -0.4 is 0 Å². The molecule has 42 heavy (non-hydrogen) atoms. The molecule has 0 saturated carbocycles. The Morgan fingerprint density at radius 3 is 2.26 bits per heavy atom. The first-order valence-electron chi connectivity index (χ1n) is 13.2. The minimum atomic E-state index is -5.07. The van der Waals surface area contributed by atoms with Crippen molar-refractivity contribution in [2.45, 2.75) is 38.3 Å². The van der Waals surface area contributed by atoms with Crippen molar-refractivity contribution in [1.29, 1.82) is 0 Å². The molecular formula is C31H27F6N3O2. The Kier molecular flexibility index (Phi) is 7.89. The number of phenolic OH excluding ortho intramolecular Hbond substituents is 1. The van der Waals surface area contributed by atoms with Gasteiger partial charge in [-0.05, 0) is 72.5 Å². The lowest BCUT2D eigenvalue weighted by Gasteiger charge is -2.42. The van der Waals surface area contributed by atoms with Crippen LogP contribution in [0.5, 0.6) is 5.75 Å². The quantitative estimate of drug-likeness (QED) is 0.260. The number of rotatable bonds is 5. The number of carbonyl (C=O) groups is 1. The Morgan fingerprint density at radius 1 is 0.905 bits per heavy atom. The molecule has 0 aliphatic carbocycles. The molecule has 220 valence electrons. The molecule has 1 N–H and O–H groups in total. The van der Waals surface area contributed by atoms with Gasteiger partial charge < -0.3 is 10.0 Å². The summed E-state index contributed by atoms with van der Waals surface area (Å²) < 4.78 is 81.0. The molecule has 1 aliphatic heterocycles. The number of aromatic hydroxyl groups is 1. The molecule has 1 amide bonds. The van der Waals surface area contributed by atoms with Gasteiger partial charge in [0.25, 0.3) is 5.91 Å². The number of aryl methyl sites for hydroxylation is 1. The zero-order chi connectivity index (χ0) is 30.2. The van der Waals surface area contributed by atoms with Gasteiger partial charge in [-0.25, -0.2) is 0 Å². The number of benzene rings is 3. The van der Waals surface area contributed by atoms with Crippen LogP contribution in [0.1, 0.15) is 38.2 Å². The van der Waals surface area contributed by atoms with E-state index < -0.39 is 41.0 Å². The molecule has 0 spiro atoms. The average molecular weight is 588 g/mol. The summed E-state index contributed by atoms with van der Waals surface area (Å²) in [6.07, 6.45) is -8.19. The van der Waals surface area contributed by atoms with E-state index in [1.54, 1.807) is 31.3 Å². The van der Waals surface area contributed by atoms with Crippen molar-refractivity contribution in [3.05, 3.63) is 106 Å². The zero-order valence-electron chi connectivity index (χ0n) is 22.5. The Bertz CT molecular complexity index is 1590. The standard InChI is InChI=1S/C31H27F6N3O2/c1-19-4-5-20(13-28(19)41)12-26-18-39(17-21-6-7-27-22(11-21)3-2-8-38-27)9-10-40(26)29(42)23-14-24(30(32,33)34)16-25(15-23)31(35,36)37/h2-8,11,13-16,26,41H,9-10,12,17-18H2,1H3/t26-/m1/s1. The number of alkyl halides is 6. The molecule has 0 bridgehead atoms. The fraction of sp³-hybridized carbons (Fsp3) is 0.290. The van der Waals surface area contributed by atoms with E-state index >= 15 is 0 Å². The van der Waals surface area contributed by atoms with Gasteiger partial charge in [-0.1, -0.05) is 24.3 Å². The van der Waals surface area contributed by atoms with Crippen molar-refractivity contribution in [3.8, 4) is 5.75 Å². The number of hydrogen-bond donors (Lipinski definition) is 1. The van der Waals surface area contributed by atoms with Gasteiger partial charge in [-0.3, -0.25) is 14.7 Å². The third-order valence-electron chi connectivity index (χ3n) is 7.48. The van der Waals surface area contributed by atoms with Gasteiger partial charge in [0.05, 0.1) is 16.6 Å². The molecule has 3 aromatic carbocycles. The number of fused-ring (bicyclic) bond motifs is 1. The van der Waals surface area contributed by atoms with Crippen molar-refractivity contribution >= 4 is 16.8 Å². The van der Waals surface area contributed by atoms with Crippen molar-refractivity contribution in [3.63, 3.8) is 0 Å². The first kappa shape index (κ1) is 29.4. The van der Waals surface area contributed by atoms with Crippen LogP contribution in [0, 0.1) is 6.92 Å². The van der Waals surface area contributed by atoms with Gasteiger partial charge in [0.1, 0.15) is 5.75 Å². The van der Waals surface area contributed by atoms with Crippen LogP contribution in [0.2, 0.25) is 0 Å². The Hall–Kier alpha value is -4.12. The lowest BCUT2D eigenvalue weighted by atomic mass is 9.98. The zero-order valence-corrected chi connectivity index (χ0v) is 22.5. The Morgan fingerprint density at radius 2 is 1.60 bits per heavy atom. The predicted molar refractivity (Wildman–Crippen MR) is 145 cm³/mol. The fourth-order valence-electron chi connectivity index (χ4n) is 5.29. The number of hydrogen-bond acceptors (Lipinski definition) is 4. The Balaban J connectivity index is 1.45. The van der Waals surface area contributed by atoms with Gasteiger partial charge in [0, 0.05) is 49.4 Å². The van der Waals surface area contributed by atoms with E-state index in [1.165, 1.54) is 4.90 Å². The number of aromatic nitrogens is 1. The average Bonchev–Trinajstić information content (AvgIpc) is 2.93. The van der Waals surface area contributed by atoms with Crippen LogP contribution in [-0.4, -0.2) is 51.5 Å². The van der Waals surface area contributed by atoms with E-state index in [4.69, 9.17) is 0 Å². The van der Waals surface area contributed by atoms with Gasteiger partial charge >= 0.3 is 12.4 Å². The predicted octanol–water partition coefficient (Wildman–Crippen LogP) is 6.86. The van der Waals surface area contributed by atoms with Crippen LogP contribution in [0.15, 0.2) is 72.9 Å². The summed E-state index contributed by atoms with van der Waals surface area (Å²) >= 11 is 0. The van der Waals surface area contributed by atoms with E-state index in [1.807, 2.05) is 30.3 Å². The van der Waals surface area contributed by atoms with Crippen LogP contribution in [-0.2, 0) is 25.3 Å². The van der Waals surface area contributed by atoms with Crippen LogP contribution in [0.25, 0.3) is 10.9 Å². The molecular weight excluding hydrogens is 560 g/mol. The maximum absolute atomic E-state index is 13.6.